The maximum atomic E-state index is 12.4. The topological polar surface area (TPSA) is 77.8 Å². The molecule has 2 heterocycles. The van der Waals surface area contributed by atoms with Crippen LogP contribution in [0.25, 0.3) is 0 Å². The Morgan fingerprint density at radius 2 is 1.86 bits per heavy atom. The van der Waals surface area contributed by atoms with Gasteiger partial charge in [-0.3, -0.25) is 9.00 Å². The first-order valence-electron chi connectivity index (χ1n) is 8.92. The van der Waals surface area contributed by atoms with Crippen LogP contribution in [0.1, 0.15) is 27.4 Å². The van der Waals surface area contributed by atoms with Gasteiger partial charge in [-0.1, -0.05) is 29.8 Å². The molecule has 1 aliphatic rings. The number of carbonyl (C=O) groups is 1. The molecule has 0 unspecified atom stereocenters. The number of carbonyl (C=O) groups excluding carboxylic acids is 1. The second kappa shape index (κ2) is 8.71. The Hall–Kier alpha value is -2.77. The van der Waals surface area contributed by atoms with E-state index in [2.05, 4.69) is 5.32 Å². The molecule has 0 fully saturated rings. The van der Waals surface area contributed by atoms with E-state index in [0.29, 0.717) is 34.6 Å². The van der Waals surface area contributed by atoms with Gasteiger partial charge in [0.25, 0.3) is 5.91 Å². The summed E-state index contributed by atoms with van der Waals surface area (Å²) in [7, 11) is -1.17. The molecule has 3 aromatic rings. The van der Waals surface area contributed by atoms with Crippen molar-refractivity contribution < 1.29 is 22.9 Å². The van der Waals surface area contributed by atoms with Gasteiger partial charge in [0.1, 0.15) is 5.76 Å². The molecule has 29 heavy (non-hydrogen) atoms. The molecule has 1 aromatic heterocycles. The molecule has 8 heteroatoms. The minimum atomic E-state index is -1.17. The summed E-state index contributed by atoms with van der Waals surface area (Å²) >= 11 is 5.95. The first kappa shape index (κ1) is 19.5. The summed E-state index contributed by atoms with van der Waals surface area (Å²) < 4.78 is 28.5. The van der Waals surface area contributed by atoms with Crippen molar-refractivity contribution in [1.82, 2.24) is 5.32 Å². The average molecular weight is 432 g/mol. The lowest BCUT2D eigenvalue weighted by molar-refractivity contribution is 0.0921. The number of amides is 1. The van der Waals surface area contributed by atoms with Gasteiger partial charge in [-0.2, -0.15) is 0 Å². The van der Waals surface area contributed by atoms with Crippen LogP contribution in [0.4, 0.5) is 0 Å². The summed E-state index contributed by atoms with van der Waals surface area (Å²) in [5, 5.41) is 3.41. The molecule has 6 nitrogen and oxygen atoms in total. The van der Waals surface area contributed by atoms with Crippen molar-refractivity contribution in [2.24, 2.45) is 0 Å². The normalized spacial score (nSPS) is 13.3. The van der Waals surface area contributed by atoms with E-state index in [1.807, 2.05) is 30.3 Å². The van der Waals surface area contributed by atoms with Gasteiger partial charge >= 0.3 is 0 Å². The second-order valence-electron chi connectivity index (χ2n) is 6.49. The van der Waals surface area contributed by atoms with Crippen molar-refractivity contribution in [3.8, 4) is 11.5 Å². The van der Waals surface area contributed by atoms with Crippen molar-refractivity contribution in [3.05, 3.63) is 82.3 Å². The van der Waals surface area contributed by atoms with Crippen LogP contribution in [0.5, 0.6) is 11.5 Å². The minimum Gasteiger partial charge on any atom is -0.455 e. The Labute approximate surface area is 175 Å². The summed E-state index contributed by atoms with van der Waals surface area (Å²) in [6.45, 7) is 0.533. The van der Waals surface area contributed by atoms with Gasteiger partial charge in [-0.25, -0.2) is 0 Å². The zero-order valence-corrected chi connectivity index (χ0v) is 16.9. The first-order valence-corrected chi connectivity index (χ1v) is 10.8. The molecule has 1 aliphatic heterocycles. The van der Waals surface area contributed by atoms with Crippen LogP contribution in [0, 0.1) is 0 Å². The van der Waals surface area contributed by atoms with Crippen molar-refractivity contribution >= 4 is 28.3 Å². The Morgan fingerprint density at radius 3 is 2.72 bits per heavy atom. The third kappa shape index (κ3) is 4.99. The average Bonchev–Trinajstić information content (AvgIpc) is 3.35. The molecule has 0 saturated carbocycles. The minimum absolute atomic E-state index is 0.181. The maximum Gasteiger partial charge on any atom is 0.287 e. The molecule has 4 rings (SSSR count). The van der Waals surface area contributed by atoms with E-state index in [1.165, 1.54) is 0 Å². The quantitative estimate of drug-likeness (QED) is 0.610. The van der Waals surface area contributed by atoms with Crippen molar-refractivity contribution in [2.45, 2.75) is 18.1 Å². The SMILES string of the molecule is O=C(NCc1ccc2c(c1)OCO2)c1ccc(C[S@@](=O)Cc2cccc(Cl)c2)o1. The predicted molar refractivity (Wildman–Crippen MR) is 109 cm³/mol. The predicted octanol–water partition coefficient (Wildman–Crippen LogP) is 4.04. The molecule has 1 atom stereocenters. The van der Waals surface area contributed by atoms with Gasteiger partial charge in [0.15, 0.2) is 17.3 Å². The summed E-state index contributed by atoms with van der Waals surface area (Å²) in [6.07, 6.45) is 0. The number of ether oxygens (including phenoxy) is 2. The molecule has 150 valence electrons. The van der Waals surface area contributed by atoms with E-state index in [4.69, 9.17) is 25.5 Å². The van der Waals surface area contributed by atoms with Gasteiger partial charge in [-0.15, -0.1) is 0 Å². The Balaban J connectivity index is 1.31. The number of nitrogens with one attached hydrogen (secondary N) is 1. The highest BCUT2D eigenvalue weighted by molar-refractivity contribution is 7.83. The highest BCUT2D eigenvalue weighted by atomic mass is 35.5. The van der Waals surface area contributed by atoms with Crippen molar-refractivity contribution in [3.63, 3.8) is 0 Å². The monoisotopic (exact) mass is 431 g/mol. The number of benzene rings is 2. The number of hydrogen-bond donors (Lipinski definition) is 1. The number of hydrogen-bond acceptors (Lipinski definition) is 5. The third-order valence-corrected chi connectivity index (χ3v) is 5.79. The van der Waals surface area contributed by atoms with Gasteiger partial charge in [0.2, 0.25) is 6.79 Å². The van der Waals surface area contributed by atoms with Gasteiger partial charge in [-0.05, 0) is 47.5 Å². The second-order valence-corrected chi connectivity index (χ2v) is 8.39. The Kier molecular flexibility index (Phi) is 5.87. The van der Waals surface area contributed by atoms with Crippen LogP contribution in [-0.2, 0) is 28.9 Å². The molecule has 1 N–H and O–H groups in total. The van der Waals surface area contributed by atoms with Crippen molar-refractivity contribution in [1.29, 1.82) is 0 Å². The van der Waals surface area contributed by atoms with E-state index >= 15 is 0 Å². The number of rotatable bonds is 7. The van der Waals surface area contributed by atoms with Crippen LogP contribution in [0.15, 0.2) is 59.0 Å². The van der Waals surface area contributed by atoms with Gasteiger partial charge < -0.3 is 19.2 Å². The molecule has 0 spiro atoms. The van der Waals surface area contributed by atoms with Crippen LogP contribution >= 0.6 is 11.6 Å². The molecule has 0 bridgehead atoms. The zero-order chi connectivity index (χ0) is 20.2. The Bertz CT molecular complexity index is 1060. The largest absolute Gasteiger partial charge is 0.455 e. The smallest absolute Gasteiger partial charge is 0.287 e. The highest BCUT2D eigenvalue weighted by Gasteiger charge is 2.15. The summed E-state index contributed by atoms with van der Waals surface area (Å²) in [6, 6.07) is 16.0. The van der Waals surface area contributed by atoms with E-state index < -0.39 is 10.8 Å². The lowest BCUT2D eigenvalue weighted by atomic mass is 10.2. The molecule has 0 radical (unpaired) electrons. The van der Waals surface area contributed by atoms with Crippen LogP contribution in [0.3, 0.4) is 0 Å². The number of fused-ring (bicyclic) bond motifs is 1. The van der Waals surface area contributed by atoms with E-state index in [-0.39, 0.29) is 24.2 Å². The third-order valence-electron chi connectivity index (χ3n) is 4.30. The zero-order valence-electron chi connectivity index (χ0n) is 15.4. The van der Waals surface area contributed by atoms with Gasteiger partial charge in [0, 0.05) is 28.1 Å². The summed E-state index contributed by atoms with van der Waals surface area (Å²) in [5.41, 5.74) is 1.78. The van der Waals surface area contributed by atoms with Crippen LogP contribution in [0.2, 0.25) is 5.02 Å². The van der Waals surface area contributed by atoms with E-state index in [9.17, 15) is 9.00 Å². The fourth-order valence-electron chi connectivity index (χ4n) is 2.92. The maximum absolute atomic E-state index is 12.4. The Morgan fingerprint density at radius 1 is 1.00 bits per heavy atom. The fourth-order valence-corrected chi connectivity index (χ4v) is 4.26. The molecular formula is C21H18ClNO5S. The molecule has 1 amide bonds. The van der Waals surface area contributed by atoms with Crippen LogP contribution < -0.4 is 14.8 Å². The standard InChI is InChI=1S/C21H18ClNO5S/c22-16-3-1-2-15(8-16)11-29(25)12-17-5-7-19(28-17)21(24)23-10-14-4-6-18-20(9-14)27-13-26-18/h1-9H,10-13H2,(H,23,24)/t29-/m0/s1. The van der Waals surface area contributed by atoms with E-state index in [0.717, 1.165) is 11.1 Å². The highest BCUT2D eigenvalue weighted by Crippen LogP contribution is 2.32. The molecule has 2 aromatic carbocycles. The number of furan rings is 1. The summed E-state index contributed by atoms with van der Waals surface area (Å²) in [4.78, 5) is 12.3. The van der Waals surface area contributed by atoms with E-state index in [1.54, 1.807) is 24.3 Å². The number of halogens is 1. The van der Waals surface area contributed by atoms with Crippen LogP contribution in [-0.4, -0.2) is 16.9 Å². The molecule has 0 aliphatic carbocycles. The fraction of sp³-hybridized carbons (Fsp3) is 0.190. The van der Waals surface area contributed by atoms with Crippen molar-refractivity contribution in [2.75, 3.05) is 6.79 Å². The first-order chi connectivity index (χ1) is 14.1. The summed E-state index contributed by atoms with van der Waals surface area (Å²) in [5.74, 6) is 2.30. The molecular weight excluding hydrogens is 414 g/mol. The lowest BCUT2D eigenvalue weighted by Crippen LogP contribution is -2.22. The lowest BCUT2D eigenvalue weighted by Gasteiger charge is -2.05. The molecule has 0 saturated heterocycles. The van der Waals surface area contributed by atoms with Gasteiger partial charge in [0.05, 0.1) is 5.75 Å².